The minimum absolute atomic E-state index is 0.242. The Morgan fingerprint density at radius 3 is 2.54 bits per heavy atom. The zero-order valence-corrected chi connectivity index (χ0v) is 16.5. The van der Waals surface area contributed by atoms with Crippen LogP contribution in [0.1, 0.15) is 36.5 Å². The van der Waals surface area contributed by atoms with Crippen LogP contribution in [0.5, 0.6) is 5.75 Å². The van der Waals surface area contributed by atoms with Crippen LogP contribution in [0.25, 0.3) is 10.2 Å². The van der Waals surface area contributed by atoms with Gasteiger partial charge in [-0.05, 0) is 42.8 Å². The Bertz CT molecular complexity index is 871. The largest absolute Gasteiger partial charge is 0.494 e. The van der Waals surface area contributed by atoms with Crippen molar-refractivity contribution in [2.24, 2.45) is 0 Å². The molecule has 7 heteroatoms. The molecule has 0 radical (unpaired) electrons. The predicted molar refractivity (Wildman–Crippen MR) is 109 cm³/mol. The van der Waals surface area contributed by atoms with E-state index in [9.17, 15) is 4.79 Å². The molecule has 0 atom stereocenters. The zero-order valence-electron chi connectivity index (χ0n) is 14.2. The Hall–Kier alpha value is -1.82. The number of ether oxygens (including phenoxy) is 1. The molecular weight excluding hydrogens is 391 g/mol. The number of fused-ring (bicyclic) bond motifs is 1. The quantitative estimate of drug-likeness (QED) is 0.458. The monoisotopic (exact) mass is 408 g/mol. The lowest BCUT2D eigenvalue weighted by Gasteiger charge is -2.06. The summed E-state index contributed by atoms with van der Waals surface area (Å²) in [5, 5.41) is 4.32. The second-order valence-electron chi connectivity index (χ2n) is 5.76. The van der Waals surface area contributed by atoms with Gasteiger partial charge in [0.25, 0.3) is 5.91 Å². The summed E-state index contributed by atoms with van der Waals surface area (Å²) in [5.74, 6) is 0.519. The molecular formula is C19H18Cl2N2O2S. The van der Waals surface area contributed by atoms with Crippen LogP contribution < -0.4 is 10.1 Å². The maximum absolute atomic E-state index is 12.4. The molecule has 0 saturated carbocycles. The van der Waals surface area contributed by atoms with Gasteiger partial charge >= 0.3 is 0 Å². The van der Waals surface area contributed by atoms with Crippen molar-refractivity contribution in [2.45, 2.75) is 26.2 Å². The van der Waals surface area contributed by atoms with Crippen LogP contribution in [0.4, 0.5) is 5.13 Å². The Balaban J connectivity index is 1.66. The summed E-state index contributed by atoms with van der Waals surface area (Å²) in [6.45, 7) is 2.84. The summed E-state index contributed by atoms with van der Waals surface area (Å²) in [4.78, 5) is 16.8. The number of hydrogen-bond donors (Lipinski definition) is 1. The topological polar surface area (TPSA) is 51.2 Å². The van der Waals surface area contributed by atoms with E-state index < -0.39 is 0 Å². The molecule has 0 aliphatic heterocycles. The number of nitrogens with zero attached hydrogens (tertiary/aromatic N) is 1. The number of carbonyl (C=O) groups is 1. The fourth-order valence-electron chi connectivity index (χ4n) is 2.41. The molecule has 0 spiro atoms. The zero-order chi connectivity index (χ0) is 18.5. The molecule has 0 fully saturated rings. The third-order valence-corrected chi connectivity index (χ3v) is 5.54. The average molecular weight is 409 g/mol. The minimum atomic E-state index is -0.242. The number of unbranched alkanes of at least 4 members (excludes halogenated alkanes) is 2. The number of thiazole rings is 1. The molecule has 3 aromatic rings. The van der Waals surface area contributed by atoms with Gasteiger partial charge in [0.2, 0.25) is 0 Å². The van der Waals surface area contributed by atoms with E-state index in [4.69, 9.17) is 27.9 Å². The fraction of sp³-hybridized carbons (Fsp3) is 0.263. The van der Waals surface area contributed by atoms with Crippen molar-refractivity contribution in [3.63, 3.8) is 0 Å². The van der Waals surface area contributed by atoms with Crippen molar-refractivity contribution in [3.05, 3.63) is 52.0 Å². The highest BCUT2D eigenvalue weighted by Crippen LogP contribution is 2.36. The van der Waals surface area contributed by atoms with Gasteiger partial charge in [-0.3, -0.25) is 10.1 Å². The number of rotatable bonds is 7. The van der Waals surface area contributed by atoms with Crippen molar-refractivity contribution in [1.82, 2.24) is 4.98 Å². The van der Waals surface area contributed by atoms with Gasteiger partial charge in [0.15, 0.2) is 5.13 Å². The molecule has 0 bridgehead atoms. The van der Waals surface area contributed by atoms with Crippen molar-refractivity contribution in [3.8, 4) is 5.75 Å². The van der Waals surface area contributed by atoms with Crippen LogP contribution in [-0.2, 0) is 0 Å². The highest BCUT2D eigenvalue weighted by Gasteiger charge is 2.13. The number of carbonyl (C=O) groups excluding carboxylic acids is 1. The smallest absolute Gasteiger partial charge is 0.257 e. The van der Waals surface area contributed by atoms with Gasteiger partial charge in [-0.25, -0.2) is 4.98 Å². The van der Waals surface area contributed by atoms with E-state index in [1.54, 1.807) is 36.4 Å². The first kappa shape index (κ1) is 19.0. The molecule has 1 heterocycles. The lowest BCUT2D eigenvalue weighted by molar-refractivity contribution is 0.102. The second kappa shape index (κ2) is 8.71. The molecule has 0 aliphatic carbocycles. The van der Waals surface area contributed by atoms with E-state index in [1.165, 1.54) is 11.3 Å². The summed E-state index contributed by atoms with van der Waals surface area (Å²) in [7, 11) is 0. The van der Waals surface area contributed by atoms with Crippen molar-refractivity contribution in [2.75, 3.05) is 11.9 Å². The molecule has 136 valence electrons. The molecule has 1 amide bonds. The molecule has 1 aromatic heterocycles. The Morgan fingerprint density at radius 2 is 1.85 bits per heavy atom. The first-order chi connectivity index (χ1) is 12.6. The van der Waals surface area contributed by atoms with Crippen molar-refractivity contribution < 1.29 is 9.53 Å². The number of amides is 1. The van der Waals surface area contributed by atoms with Crippen LogP contribution in [0.3, 0.4) is 0 Å². The molecule has 1 N–H and O–H groups in total. The van der Waals surface area contributed by atoms with Gasteiger partial charge in [0, 0.05) is 5.56 Å². The van der Waals surface area contributed by atoms with Gasteiger partial charge < -0.3 is 4.74 Å². The molecule has 0 unspecified atom stereocenters. The molecule has 0 aliphatic rings. The lowest BCUT2D eigenvalue weighted by Crippen LogP contribution is -2.11. The van der Waals surface area contributed by atoms with Gasteiger partial charge in [-0.2, -0.15) is 0 Å². The number of aromatic nitrogens is 1. The van der Waals surface area contributed by atoms with E-state index in [2.05, 4.69) is 17.2 Å². The van der Waals surface area contributed by atoms with Crippen LogP contribution in [-0.4, -0.2) is 17.5 Å². The van der Waals surface area contributed by atoms with Gasteiger partial charge in [0.05, 0.1) is 21.4 Å². The third kappa shape index (κ3) is 4.47. The van der Waals surface area contributed by atoms with E-state index >= 15 is 0 Å². The Kier molecular flexibility index (Phi) is 6.35. The predicted octanol–water partition coefficient (Wildman–Crippen LogP) is 6.42. The van der Waals surface area contributed by atoms with E-state index in [0.717, 1.165) is 29.7 Å². The molecule has 2 aromatic carbocycles. The van der Waals surface area contributed by atoms with Crippen LogP contribution >= 0.6 is 34.5 Å². The first-order valence-electron chi connectivity index (χ1n) is 8.37. The summed E-state index contributed by atoms with van der Waals surface area (Å²) in [6, 6.07) is 10.5. The van der Waals surface area contributed by atoms with Gasteiger partial charge in [-0.15, -0.1) is 0 Å². The van der Waals surface area contributed by atoms with Crippen LogP contribution in [0, 0.1) is 0 Å². The van der Waals surface area contributed by atoms with E-state index in [0.29, 0.717) is 32.9 Å². The Morgan fingerprint density at radius 1 is 1.12 bits per heavy atom. The maximum Gasteiger partial charge on any atom is 0.257 e. The van der Waals surface area contributed by atoms with Gasteiger partial charge in [-0.1, -0.05) is 54.3 Å². The molecule has 3 rings (SSSR count). The summed E-state index contributed by atoms with van der Waals surface area (Å²) < 4.78 is 6.41. The average Bonchev–Trinajstić information content (AvgIpc) is 3.07. The second-order valence-corrected chi connectivity index (χ2v) is 7.57. The summed E-state index contributed by atoms with van der Waals surface area (Å²) >= 11 is 13.6. The SMILES string of the molecule is CCCCCOc1ccc(C(=O)Nc2nc3c(Cl)ccc(Cl)c3s2)cc1. The van der Waals surface area contributed by atoms with E-state index in [1.807, 2.05) is 0 Å². The molecule has 0 saturated heterocycles. The normalized spacial score (nSPS) is 10.9. The molecule has 26 heavy (non-hydrogen) atoms. The summed E-state index contributed by atoms with van der Waals surface area (Å²) in [5.41, 5.74) is 1.12. The number of nitrogens with one attached hydrogen (secondary N) is 1. The standard InChI is InChI=1S/C19H18Cl2N2O2S/c1-2-3-4-11-25-13-7-5-12(6-8-13)18(24)23-19-22-16-14(20)9-10-15(21)17(16)26-19/h5-10H,2-4,11H2,1H3,(H,22,23,24). The van der Waals surface area contributed by atoms with Crippen LogP contribution in [0.2, 0.25) is 10.0 Å². The van der Waals surface area contributed by atoms with Crippen LogP contribution in [0.15, 0.2) is 36.4 Å². The number of anilines is 1. The number of halogens is 2. The van der Waals surface area contributed by atoms with Crippen molar-refractivity contribution in [1.29, 1.82) is 0 Å². The van der Waals surface area contributed by atoms with Gasteiger partial charge in [0.1, 0.15) is 11.3 Å². The number of benzene rings is 2. The fourth-order valence-corrected chi connectivity index (χ4v) is 3.83. The van der Waals surface area contributed by atoms with Crippen molar-refractivity contribution >= 4 is 55.8 Å². The van der Waals surface area contributed by atoms with E-state index in [-0.39, 0.29) is 5.91 Å². The Labute approximate surface area is 166 Å². The highest BCUT2D eigenvalue weighted by molar-refractivity contribution is 7.23. The summed E-state index contributed by atoms with van der Waals surface area (Å²) in [6.07, 6.45) is 3.34. The molecule has 4 nitrogen and oxygen atoms in total. The number of hydrogen-bond acceptors (Lipinski definition) is 4. The first-order valence-corrected chi connectivity index (χ1v) is 9.94. The third-order valence-electron chi connectivity index (χ3n) is 3.80. The maximum atomic E-state index is 12.4. The minimum Gasteiger partial charge on any atom is -0.494 e. The lowest BCUT2D eigenvalue weighted by atomic mass is 10.2. The highest BCUT2D eigenvalue weighted by atomic mass is 35.5.